The van der Waals surface area contributed by atoms with Crippen molar-refractivity contribution in [2.24, 2.45) is 0 Å². The van der Waals surface area contributed by atoms with E-state index in [-0.39, 0.29) is 15.2 Å². The third kappa shape index (κ3) is 4.62. The minimum atomic E-state index is -3.44. The molecule has 9 heteroatoms. The predicted octanol–water partition coefficient (Wildman–Crippen LogP) is 2.54. The lowest BCUT2D eigenvalue weighted by molar-refractivity contribution is 0.102. The number of amides is 1. The maximum atomic E-state index is 12.1. The smallest absolute Gasteiger partial charge is 0.257 e. The van der Waals surface area contributed by atoms with Crippen molar-refractivity contribution in [3.63, 3.8) is 0 Å². The maximum absolute atomic E-state index is 12.1. The van der Waals surface area contributed by atoms with Gasteiger partial charge in [0, 0.05) is 5.56 Å². The van der Waals surface area contributed by atoms with E-state index in [4.69, 9.17) is 4.74 Å². The first-order valence-electron chi connectivity index (χ1n) is 7.17. The fourth-order valence-electron chi connectivity index (χ4n) is 1.77. The first-order chi connectivity index (χ1) is 11.5. The van der Waals surface area contributed by atoms with Gasteiger partial charge < -0.3 is 4.74 Å². The van der Waals surface area contributed by atoms with E-state index in [1.165, 1.54) is 0 Å². The Morgan fingerprint density at radius 1 is 1.33 bits per heavy atom. The Hall–Kier alpha value is -2.26. The lowest BCUT2D eigenvalue weighted by Gasteiger charge is -2.04. The van der Waals surface area contributed by atoms with Crippen molar-refractivity contribution >= 4 is 32.2 Å². The molecule has 0 bridgehead atoms. The van der Waals surface area contributed by atoms with Crippen LogP contribution in [-0.2, 0) is 9.84 Å². The highest BCUT2D eigenvalue weighted by Gasteiger charge is 2.20. The quantitative estimate of drug-likeness (QED) is 0.569. The number of sulfone groups is 1. The minimum absolute atomic E-state index is 0.00174. The van der Waals surface area contributed by atoms with Gasteiger partial charge in [-0.3, -0.25) is 10.1 Å². The molecule has 0 aliphatic carbocycles. The molecule has 1 heterocycles. The molecule has 0 spiro atoms. The van der Waals surface area contributed by atoms with Gasteiger partial charge in [0.15, 0.2) is 0 Å². The molecule has 2 aromatic rings. The second kappa shape index (κ2) is 8.02. The van der Waals surface area contributed by atoms with E-state index < -0.39 is 15.7 Å². The molecule has 1 aromatic heterocycles. The number of carbonyl (C=O) groups excluding carboxylic acids is 1. The summed E-state index contributed by atoms with van der Waals surface area (Å²) in [6.45, 7) is 5.70. The molecule has 0 saturated heterocycles. The van der Waals surface area contributed by atoms with Crippen molar-refractivity contribution in [3.8, 4) is 5.75 Å². The van der Waals surface area contributed by atoms with Crippen LogP contribution in [0.15, 0.2) is 41.3 Å². The van der Waals surface area contributed by atoms with E-state index in [2.05, 4.69) is 22.1 Å². The second-order valence-electron chi connectivity index (χ2n) is 4.77. The number of aromatic nitrogens is 2. The minimum Gasteiger partial charge on any atom is -0.490 e. The van der Waals surface area contributed by atoms with Crippen LogP contribution >= 0.6 is 11.3 Å². The average molecular weight is 367 g/mol. The molecule has 1 N–H and O–H groups in total. The molecule has 7 nitrogen and oxygen atoms in total. The summed E-state index contributed by atoms with van der Waals surface area (Å²) in [6.07, 6.45) is 2.12. The zero-order valence-electron chi connectivity index (χ0n) is 13.1. The highest BCUT2D eigenvalue weighted by Crippen LogP contribution is 2.22. The van der Waals surface area contributed by atoms with Crippen LogP contribution in [0.25, 0.3) is 0 Å². The summed E-state index contributed by atoms with van der Waals surface area (Å²) in [5.41, 5.74) is 0.397. The van der Waals surface area contributed by atoms with Crippen LogP contribution in [0.3, 0.4) is 0 Å². The number of carbonyl (C=O) groups is 1. The standard InChI is InChI=1S/C15H17N3O4S2/c1-3-9-22-12-7-5-11(6-8-12)13(19)16-14-17-18-15(23-14)24(20,21)10-4-2/h3,5-8H,1,4,9-10H2,2H3,(H,16,17,19). The molecule has 24 heavy (non-hydrogen) atoms. The summed E-state index contributed by atoms with van der Waals surface area (Å²) in [5.74, 6) is 0.220. The third-order valence-electron chi connectivity index (χ3n) is 2.85. The monoisotopic (exact) mass is 367 g/mol. The van der Waals surface area contributed by atoms with Crippen LogP contribution in [0.2, 0.25) is 0 Å². The maximum Gasteiger partial charge on any atom is 0.257 e. The molecule has 0 atom stereocenters. The number of hydrogen-bond donors (Lipinski definition) is 1. The molecular weight excluding hydrogens is 350 g/mol. The number of hydrogen-bond acceptors (Lipinski definition) is 7. The molecule has 0 aliphatic heterocycles. The number of benzene rings is 1. The van der Waals surface area contributed by atoms with Crippen LogP contribution in [0.5, 0.6) is 5.75 Å². The number of nitrogens with zero attached hydrogens (tertiary/aromatic N) is 2. The molecule has 128 valence electrons. The fourth-order valence-corrected chi connectivity index (χ4v) is 4.11. The van der Waals surface area contributed by atoms with Crippen molar-refractivity contribution in [2.45, 2.75) is 17.7 Å². The molecule has 0 aliphatic rings. The van der Waals surface area contributed by atoms with Gasteiger partial charge in [0.2, 0.25) is 19.3 Å². The zero-order valence-corrected chi connectivity index (χ0v) is 14.7. The Kier molecular flexibility index (Phi) is 6.04. The van der Waals surface area contributed by atoms with Crippen LogP contribution in [0, 0.1) is 0 Å². The number of ether oxygens (including phenoxy) is 1. The summed E-state index contributed by atoms with van der Waals surface area (Å²) in [4.78, 5) is 12.1. The lowest BCUT2D eigenvalue weighted by atomic mass is 10.2. The Balaban J connectivity index is 2.04. The SMILES string of the molecule is C=CCOc1ccc(C(=O)Nc2nnc(S(=O)(=O)CCC)s2)cc1. The van der Waals surface area contributed by atoms with Crippen molar-refractivity contribution in [2.75, 3.05) is 17.7 Å². The van der Waals surface area contributed by atoms with Gasteiger partial charge in [-0.25, -0.2) is 8.42 Å². The highest BCUT2D eigenvalue weighted by atomic mass is 32.2. The zero-order chi connectivity index (χ0) is 17.6. The van der Waals surface area contributed by atoms with Crippen LogP contribution in [0.4, 0.5) is 5.13 Å². The Labute approximate surface area is 144 Å². The van der Waals surface area contributed by atoms with Gasteiger partial charge >= 0.3 is 0 Å². The molecular formula is C15H17N3O4S2. The van der Waals surface area contributed by atoms with E-state index in [0.29, 0.717) is 24.3 Å². The second-order valence-corrected chi connectivity index (χ2v) is 8.03. The molecule has 1 aromatic carbocycles. The van der Waals surface area contributed by atoms with E-state index in [9.17, 15) is 13.2 Å². The Bertz CT molecular complexity index is 813. The van der Waals surface area contributed by atoms with Gasteiger partial charge in [-0.15, -0.1) is 10.2 Å². The number of nitrogens with one attached hydrogen (secondary N) is 1. The van der Waals surface area contributed by atoms with Gasteiger partial charge in [0.05, 0.1) is 5.75 Å². The highest BCUT2D eigenvalue weighted by molar-refractivity contribution is 7.93. The van der Waals surface area contributed by atoms with Gasteiger partial charge in [0.25, 0.3) is 5.91 Å². The first kappa shape index (κ1) is 18.1. The molecule has 0 saturated carbocycles. The van der Waals surface area contributed by atoms with Crippen molar-refractivity contribution in [3.05, 3.63) is 42.5 Å². The Morgan fingerprint density at radius 3 is 2.67 bits per heavy atom. The largest absolute Gasteiger partial charge is 0.490 e. The van der Waals surface area contributed by atoms with Gasteiger partial charge in [-0.1, -0.05) is 30.9 Å². The topological polar surface area (TPSA) is 98.2 Å². The third-order valence-corrected chi connectivity index (χ3v) is 6.05. The van der Waals surface area contributed by atoms with Gasteiger partial charge in [0.1, 0.15) is 12.4 Å². The van der Waals surface area contributed by atoms with E-state index in [1.54, 1.807) is 37.3 Å². The molecule has 0 fully saturated rings. The fraction of sp³-hybridized carbons (Fsp3) is 0.267. The van der Waals surface area contributed by atoms with Crippen LogP contribution in [-0.4, -0.2) is 36.9 Å². The first-order valence-corrected chi connectivity index (χ1v) is 9.64. The molecule has 2 rings (SSSR count). The summed E-state index contributed by atoms with van der Waals surface area (Å²) in [5, 5.41) is 10.0. The number of anilines is 1. The lowest BCUT2D eigenvalue weighted by Crippen LogP contribution is -2.11. The van der Waals surface area contributed by atoms with Crippen LogP contribution < -0.4 is 10.1 Å². The average Bonchev–Trinajstić information content (AvgIpc) is 3.03. The van der Waals surface area contributed by atoms with Crippen molar-refractivity contribution < 1.29 is 17.9 Å². The van der Waals surface area contributed by atoms with Crippen LogP contribution in [0.1, 0.15) is 23.7 Å². The van der Waals surface area contributed by atoms with Gasteiger partial charge in [-0.2, -0.15) is 0 Å². The summed E-state index contributed by atoms with van der Waals surface area (Å²) >= 11 is 0.839. The van der Waals surface area contributed by atoms with E-state index >= 15 is 0 Å². The summed E-state index contributed by atoms with van der Waals surface area (Å²) in [7, 11) is -3.44. The number of rotatable bonds is 8. The normalized spacial score (nSPS) is 11.0. The van der Waals surface area contributed by atoms with E-state index in [1.807, 2.05) is 0 Å². The molecule has 0 radical (unpaired) electrons. The van der Waals surface area contributed by atoms with Gasteiger partial charge in [-0.05, 0) is 30.7 Å². The van der Waals surface area contributed by atoms with Crippen molar-refractivity contribution in [1.82, 2.24) is 10.2 Å². The predicted molar refractivity (Wildman–Crippen MR) is 92.3 cm³/mol. The summed E-state index contributed by atoms with van der Waals surface area (Å²) < 4.78 is 29.0. The molecule has 1 amide bonds. The van der Waals surface area contributed by atoms with E-state index in [0.717, 1.165) is 11.3 Å². The summed E-state index contributed by atoms with van der Waals surface area (Å²) in [6, 6.07) is 6.53. The Morgan fingerprint density at radius 2 is 2.04 bits per heavy atom. The molecule has 0 unspecified atom stereocenters. The van der Waals surface area contributed by atoms with Crippen molar-refractivity contribution in [1.29, 1.82) is 0 Å².